The molecular formula is C19H18N2O4S2. The van der Waals surface area contributed by atoms with Crippen LogP contribution in [0.3, 0.4) is 0 Å². The lowest BCUT2D eigenvalue weighted by Gasteiger charge is -2.12. The molecule has 0 radical (unpaired) electrons. The molecule has 2 heterocycles. The van der Waals surface area contributed by atoms with Crippen molar-refractivity contribution in [1.29, 1.82) is 0 Å². The Morgan fingerprint density at radius 2 is 2.11 bits per heavy atom. The number of fused-ring (bicyclic) bond motifs is 1. The minimum atomic E-state index is -1.66. The van der Waals surface area contributed by atoms with Crippen LogP contribution in [0.4, 0.5) is 0 Å². The van der Waals surface area contributed by atoms with Gasteiger partial charge in [0.15, 0.2) is 5.78 Å². The molecule has 8 heteroatoms. The number of Topliss-reactive ketones (excluding diaryl/α,β-unsaturated/α-hetero) is 1. The first-order valence-electron chi connectivity index (χ1n) is 8.60. The van der Waals surface area contributed by atoms with Crippen LogP contribution in [-0.4, -0.2) is 20.1 Å². The van der Waals surface area contributed by atoms with Gasteiger partial charge in [-0.1, -0.05) is 11.2 Å². The standard InChI is InChI=1S/C19H18N2O4S2/c1-9-3-6-13(26)16-14(9)18(23)15(17(22)11-4-5-11)19(20-16)27(24)8-12-7-10(2)25-21-12/h3,6-7,11,26H,4-5,8H2,1-2H3,(H,20,23). The van der Waals surface area contributed by atoms with Crippen molar-refractivity contribution in [2.75, 3.05) is 0 Å². The summed E-state index contributed by atoms with van der Waals surface area (Å²) in [5.41, 5.74) is 1.37. The first-order valence-corrected chi connectivity index (χ1v) is 10.4. The van der Waals surface area contributed by atoms with Crippen molar-refractivity contribution in [3.8, 4) is 0 Å². The predicted octanol–water partition coefficient (Wildman–Crippen LogP) is 3.32. The molecule has 1 N–H and O–H groups in total. The number of hydrogen-bond donors (Lipinski definition) is 2. The van der Waals surface area contributed by atoms with Crippen LogP contribution in [0.15, 0.2) is 37.4 Å². The number of pyridine rings is 1. The smallest absolute Gasteiger partial charge is 0.201 e. The molecule has 0 saturated heterocycles. The number of nitrogens with one attached hydrogen (secondary N) is 1. The zero-order valence-corrected chi connectivity index (χ0v) is 16.6. The molecule has 6 nitrogen and oxygen atoms in total. The van der Waals surface area contributed by atoms with Gasteiger partial charge in [0.1, 0.15) is 10.8 Å². The summed E-state index contributed by atoms with van der Waals surface area (Å²) in [6.07, 6.45) is 1.52. The Kier molecular flexibility index (Phi) is 4.55. The normalized spacial score (nSPS) is 15.2. The molecule has 1 fully saturated rings. The number of carbonyl (C=O) groups excluding carboxylic acids is 1. The molecule has 4 rings (SSSR count). The van der Waals surface area contributed by atoms with E-state index in [9.17, 15) is 13.8 Å². The second kappa shape index (κ2) is 6.76. The van der Waals surface area contributed by atoms with Gasteiger partial charge in [0.25, 0.3) is 0 Å². The molecule has 1 aliphatic carbocycles. The van der Waals surface area contributed by atoms with Crippen molar-refractivity contribution in [3.63, 3.8) is 0 Å². The van der Waals surface area contributed by atoms with E-state index in [1.54, 1.807) is 25.1 Å². The molecule has 3 aromatic rings. The summed E-state index contributed by atoms with van der Waals surface area (Å²) in [5, 5.41) is 4.42. The molecule has 27 heavy (non-hydrogen) atoms. The van der Waals surface area contributed by atoms with Crippen LogP contribution >= 0.6 is 12.6 Å². The molecule has 2 aromatic heterocycles. The Morgan fingerprint density at radius 1 is 1.37 bits per heavy atom. The minimum absolute atomic E-state index is 0.00517. The van der Waals surface area contributed by atoms with Gasteiger partial charge < -0.3 is 9.51 Å². The summed E-state index contributed by atoms with van der Waals surface area (Å²) in [6.45, 7) is 3.56. The quantitative estimate of drug-likeness (QED) is 0.504. The summed E-state index contributed by atoms with van der Waals surface area (Å²) < 4.78 is 18.1. The topological polar surface area (TPSA) is 93.0 Å². The van der Waals surface area contributed by atoms with Crippen LogP contribution in [-0.2, 0) is 16.6 Å². The van der Waals surface area contributed by atoms with Crippen molar-refractivity contribution in [2.24, 2.45) is 5.92 Å². The predicted molar refractivity (Wildman–Crippen MR) is 105 cm³/mol. The molecule has 1 saturated carbocycles. The zero-order chi connectivity index (χ0) is 19.3. The van der Waals surface area contributed by atoms with E-state index in [0.717, 1.165) is 18.4 Å². The molecule has 1 atom stereocenters. The molecular weight excluding hydrogens is 384 g/mol. The van der Waals surface area contributed by atoms with Crippen molar-refractivity contribution < 1.29 is 13.5 Å². The van der Waals surface area contributed by atoms with E-state index >= 15 is 0 Å². The van der Waals surface area contributed by atoms with E-state index in [2.05, 4.69) is 22.8 Å². The third-order valence-corrected chi connectivity index (χ3v) is 6.38. The van der Waals surface area contributed by atoms with Gasteiger partial charge in [-0.25, -0.2) is 0 Å². The van der Waals surface area contributed by atoms with E-state index in [-0.39, 0.29) is 33.5 Å². The Balaban J connectivity index is 1.93. The van der Waals surface area contributed by atoms with Crippen molar-refractivity contribution in [2.45, 2.75) is 42.4 Å². The Morgan fingerprint density at radius 3 is 2.74 bits per heavy atom. The van der Waals surface area contributed by atoms with Crippen LogP contribution in [0.5, 0.6) is 0 Å². The number of hydrogen-bond acceptors (Lipinski definition) is 6. The lowest BCUT2D eigenvalue weighted by atomic mass is 10.0. The SMILES string of the molecule is Cc1cc(CS(=O)c2[nH]c3c(S)ccc(C)c3c(=O)c2C(=O)C2CC2)no1. The molecule has 1 unspecified atom stereocenters. The number of carbonyl (C=O) groups is 1. The maximum atomic E-state index is 13.2. The van der Waals surface area contributed by atoms with Crippen molar-refractivity contribution in [1.82, 2.24) is 10.1 Å². The second-order valence-corrected chi connectivity index (χ2v) is 8.74. The fourth-order valence-electron chi connectivity index (χ4n) is 3.16. The Hall–Kier alpha value is -2.19. The Bertz CT molecular complexity index is 1160. The number of aryl methyl sites for hydroxylation is 2. The van der Waals surface area contributed by atoms with E-state index in [4.69, 9.17) is 4.52 Å². The van der Waals surface area contributed by atoms with Crippen LogP contribution < -0.4 is 5.43 Å². The van der Waals surface area contributed by atoms with Gasteiger partial charge in [0, 0.05) is 16.9 Å². The second-order valence-electron chi connectivity index (χ2n) is 6.87. The number of rotatable bonds is 5. The Labute approximate surface area is 163 Å². The molecule has 0 bridgehead atoms. The van der Waals surface area contributed by atoms with Gasteiger partial charge in [-0.15, -0.1) is 12.6 Å². The average Bonchev–Trinajstić information content (AvgIpc) is 3.40. The number of aromatic nitrogens is 2. The molecule has 1 aromatic carbocycles. The fourth-order valence-corrected chi connectivity index (χ4v) is 4.58. The largest absolute Gasteiger partial charge is 0.361 e. The van der Waals surface area contributed by atoms with Crippen molar-refractivity contribution in [3.05, 3.63) is 51.0 Å². The summed E-state index contributed by atoms with van der Waals surface area (Å²) >= 11 is 4.42. The van der Waals surface area contributed by atoms with Gasteiger partial charge >= 0.3 is 0 Å². The average molecular weight is 402 g/mol. The summed E-state index contributed by atoms with van der Waals surface area (Å²) in [6, 6.07) is 5.25. The number of aromatic amines is 1. The van der Waals surface area contributed by atoms with Crippen LogP contribution in [0, 0.1) is 19.8 Å². The van der Waals surface area contributed by atoms with Gasteiger partial charge in [0.05, 0.1) is 38.7 Å². The molecule has 1 aliphatic rings. The fraction of sp³-hybridized carbons (Fsp3) is 0.316. The highest BCUT2D eigenvalue weighted by atomic mass is 32.2. The third-order valence-electron chi connectivity index (χ3n) is 4.69. The highest BCUT2D eigenvalue weighted by molar-refractivity contribution is 7.84. The lowest BCUT2D eigenvalue weighted by Crippen LogP contribution is -2.23. The summed E-state index contributed by atoms with van der Waals surface area (Å²) in [5.74, 6) is 0.267. The highest BCUT2D eigenvalue weighted by Gasteiger charge is 2.35. The molecule has 0 amide bonds. The molecule has 0 spiro atoms. The van der Waals surface area contributed by atoms with E-state index in [1.165, 1.54) is 0 Å². The number of ketones is 1. The minimum Gasteiger partial charge on any atom is -0.361 e. The van der Waals surface area contributed by atoms with Crippen LogP contribution in [0.1, 0.15) is 40.2 Å². The van der Waals surface area contributed by atoms with E-state index in [1.807, 2.05) is 6.92 Å². The van der Waals surface area contributed by atoms with Crippen molar-refractivity contribution >= 4 is 40.1 Å². The number of thiol groups is 1. The lowest BCUT2D eigenvalue weighted by molar-refractivity contribution is 0.0963. The van der Waals surface area contributed by atoms with Crippen LogP contribution in [0.2, 0.25) is 0 Å². The monoisotopic (exact) mass is 402 g/mol. The maximum Gasteiger partial charge on any atom is 0.201 e. The summed E-state index contributed by atoms with van der Waals surface area (Å²) in [7, 11) is -1.66. The number of nitrogens with zero attached hydrogens (tertiary/aromatic N) is 1. The van der Waals surface area contributed by atoms with E-state index < -0.39 is 10.8 Å². The first kappa shape index (κ1) is 18.2. The van der Waals surface area contributed by atoms with Gasteiger partial charge in [-0.3, -0.25) is 13.8 Å². The molecule has 140 valence electrons. The zero-order valence-electron chi connectivity index (χ0n) is 14.9. The summed E-state index contributed by atoms with van der Waals surface area (Å²) in [4.78, 5) is 29.7. The van der Waals surface area contributed by atoms with Crippen LogP contribution in [0.25, 0.3) is 10.9 Å². The first-order chi connectivity index (χ1) is 12.9. The number of benzene rings is 1. The number of H-pyrrole nitrogens is 1. The third kappa shape index (κ3) is 3.27. The van der Waals surface area contributed by atoms with Gasteiger partial charge in [-0.2, -0.15) is 0 Å². The highest BCUT2D eigenvalue weighted by Crippen LogP contribution is 2.34. The van der Waals surface area contributed by atoms with E-state index in [0.29, 0.717) is 27.3 Å². The molecule has 0 aliphatic heterocycles. The van der Waals surface area contributed by atoms with Gasteiger partial charge in [-0.05, 0) is 38.3 Å². The van der Waals surface area contributed by atoms with Gasteiger partial charge in [0.2, 0.25) is 5.43 Å². The maximum absolute atomic E-state index is 13.2.